The van der Waals surface area contributed by atoms with Crippen molar-refractivity contribution in [3.05, 3.63) is 0 Å². The molecule has 0 radical (unpaired) electrons. The van der Waals surface area contributed by atoms with Gasteiger partial charge < -0.3 is 15.5 Å². The summed E-state index contributed by atoms with van der Waals surface area (Å²) >= 11 is 0. The van der Waals surface area contributed by atoms with E-state index in [2.05, 4.69) is 48.1 Å². The number of hydrogen-bond acceptors (Lipinski definition) is 3. The number of rotatable bonds is 6. The highest BCUT2D eigenvalue weighted by atomic mass is 127. The fourth-order valence-electron chi connectivity index (χ4n) is 3.78. The molecule has 6 heteroatoms. The van der Waals surface area contributed by atoms with Gasteiger partial charge >= 0.3 is 0 Å². The van der Waals surface area contributed by atoms with Gasteiger partial charge in [-0.3, -0.25) is 9.89 Å². The summed E-state index contributed by atoms with van der Waals surface area (Å²) in [6.45, 7) is 16.8. The monoisotopic (exact) mass is 465 g/mol. The molecule has 1 unspecified atom stereocenters. The molecule has 0 bridgehead atoms. The lowest BCUT2D eigenvalue weighted by atomic mass is 9.87. The predicted molar refractivity (Wildman–Crippen MR) is 119 cm³/mol. The van der Waals surface area contributed by atoms with Crippen LogP contribution in [0.4, 0.5) is 0 Å². The molecule has 1 heterocycles. The van der Waals surface area contributed by atoms with Gasteiger partial charge in [-0.05, 0) is 52.0 Å². The molecule has 1 saturated heterocycles. The smallest absolute Gasteiger partial charge is 0.191 e. The minimum absolute atomic E-state index is 0. The molecule has 0 aromatic carbocycles. The summed E-state index contributed by atoms with van der Waals surface area (Å²) in [7, 11) is 0. The zero-order valence-corrected chi connectivity index (χ0v) is 19.1. The van der Waals surface area contributed by atoms with Gasteiger partial charge in [-0.1, -0.05) is 13.8 Å². The topological polar surface area (TPSA) is 42.9 Å². The number of hydrogen-bond donors (Lipinski definition) is 2. The number of aliphatic imine (C=N–C) groups is 1. The molecular formula is C19H40IN5. The summed E-state index contributed by atoms with van der Waals surface area (Å²) in [5, 5.41) is 7.09. The minimum Gasteiger partial charge on any atom is -0.357 e. The fourth-order valence-corrected chi connectivity index (χ4v) is 3.78. The first-order valence-electron chi connectivity index (χ1n) is 10.1. The van der Waals surface area contributed by atoms with E-state index in [1.165, 1.54) is 58.4 Å². The van der Waals surface area contributed by atoms with E-state index in [-0.39, 0.29) is 24.0 Å². The molecule has 1 atom stereocenters. The first-order chi connectivity index (χ1) is 11.6. The summed E-state index contributed by atoms with van der Waals surface area (Å²) < 4.78 is 0. The summed E-state index contributed by atoms with van der Waals surface area (Å²) in [6.07, 6.45) is 5.24. The second-order valence-electron chi connectivity index (χ2n) is 7.64. The number of nitrogens with one attached hydrogen (secondary N) is 2. The minimum atomic E-state index is 0. The van der Waals surface area contributed by atoms with Crippen LogP contribution in [0.15, 0.2) is 4.99 Å². The van der Waals surface area contributed by atoms with E-state index in [0.29, 0.717) is 12.1 Å². The Morgan fingerprint density at radius 3 is 2.28 bits per heavy atom. The average molecular weight is 465 g/mol. The number of piperazine rings is 1. The zero-order valence-electron chi connectivity index (χ0n) is 16.8. The van der Waals surface area contributed by atoms with Crippen LogP contribution in [0, 0.1) is 5.92 Å². The average Bonchev–Trinajstić information content (AvgIpc) is 2.61. The van der Waals surface area contributed by atoms with Crippen LogP contribution in [0.1, 0.15) is 53.4 Å². The van der Waals surface area contributed by atoms with Crippen molar-refractivity contribution >= 4 is 29.9 Å². The molecule has 2 aliphatic rings. The van der Waals surface area contributed by atoms with Gasteiger partial charge in [0.05, 0.1) is 6.54 Å². The third-order valence-electron chi connectivity index (χ3n) is 5.69. The quantitative estimate of drug-likeness (QED) is 0.360. The Morgan fingerprint density at radius 2 is 1.72 bits per heavy atom. The Hall–Kier alpha value is -0.0800. The molecule has 25 heavy (non-hydrogen) atoms. The van der Waals surface area contributed by atoms with Crippen molar-refractivity contribution < 1.29 is 0 Å². The molecule has 1 aliphatic carbocycles. The largest absolute Gasteiger partial charge is 0.357 e. The third kappa shape index (κ3) is 7.99. The van der Waals surface area contributed by atoms with E-state index in [9.17, 15) is 0 Å². The summed E-state index contributed by atoms with van der Waals surface area (Å²) in [5.74, 6) is 1.90. The van der Waals surface area contributed by atoms with Crippen molar-refractivity contribution in [1.29, 1.82) is 0 Å². The Labute approximate surface area is 172 Å². The SMILES string of the molecule is CCNC(=NCC(C)N1CCN(CC)CC1)NC1CCC(C)CC1.I. The molecule has 2 fully saturated rings. The molecule has 1 saturated carbocycles. The van der Waals surface area contributed by atoms with Gasteiger partial charge in [0.25, 0.3) is 0 Å². The van der Waals surface area contributed by atoms with Crippen LogP contribution in [0.5, 0.6) is 0 Å². The molecule has 0 spiro atoms. The van der Waals surface area contributed by atoms with Crippen LogP contribution in [-0.4, -0.2) is 73.7 Å². The Balaban J connectivity index is 0.00000312. The Morgan fingerprint density at radius 1 is 1.08 bits per heavy atom. The van der Waals surface area contributed by atoms with Crippen LogP contribution in [0.25, 0.3) is 0 Å². The third-order valence-corrected chi connectivity index (χ3v) is 5.69. The lowest BCUT2D eigenvalue weighted by Crippen LogP contribution is -2.50. The summed E-state index contributed by atoms with van der Waals surface area (Å²) in [5.41, 5.74) is 0. The summed E-state index contributed by atoms with van der Waals surface area (Å²) in [6, 6.07) is 1.12. The van der Waals surface area contributed by atoms with Crippen LogP contribution in [0.3, 0.4) is 0 Å². The highest BCUT2D eigenvalue weighted by Crippen LogP contribution is 2.23. The van der Waals surface area contributed by atoms with Crippen LogP contribution < -0.4 is 10.6 Å². The maximum atomic E-state index is 4.88. The second kappa shape index (κ2) is 12.3. The van der Waals surface area contributed by atoms with Crippen molar-refractivity contribution in [3.63, 3.8) is 0 Å². The van der Waals surface area contributed by atoms with Crippen LogP contribution in [-0.2, 0) is 0 Å². The van der Waals surface area contributed by atoms with Gasteiger partial charge in [0, 0.05) is 44.8 Å². The second-order valence-corrected chi connectivity index (χ2v) is 7.64. The molecule has 5 nitrogen and oxygen atoms in total. The van der Waals surface area contributed by atoms with Crippen molar-refractivity contribution in [2.75, 3.05) is 45.8 Å². The highest BCUT2D eigenvalue weighted by molar-refractivity contribution is 14.0. The van der Waals surface area contributed by atoms with E-state index in [1.807, 2.05) is 0 Å². The standard InChI is InChI=1S/C19H39N5.HI/c1-5-20-19(22-18-9-7-16(3)8-10-18)21-15-17(4)24-13-11-23(6-2)12-14-24;/h16-18H,5-15H2,1-4H3,(H2,20,21,22);1H. The molecule has 0 aromatic rings. The van der Waals surface area contributed by atoms with Crippen molar-refractivity contribution in [1.82, 2.24) is 20.4 Å². The van der Waals surface area contributed by atoms with Crippen molar-refractivity contribution in [2.45, 2.75) is 65.5 Å². The lowest BCUT2D eigenvalue weighted by molar-refractivity contribution is 0.109. The molecule has 2 N–H and O–H groups in total. The van der Waals surface area contributed by atoms with E-state index >= 15 is 0 Å². The maximum absolute atomic E-state index is 4.88. The van der Waals surface area contributed by atoms with Gasteiger partial charge in [0.15, 0.2) is 5.96 Å². The maximum Gasteiger partial charge on any atom is 0.191 e. The zero-order chi connectivity index (χ0) is 17.4. The first-order valence-corrected chi connectivity index (χ1v) is 10.1. The van der Waals surface area contributed by atoms with Crippen LogP contribution in [0.2, 0.25) is 0 Å². The molecule has 148 valence electrons. The highest BCUT2D eigenvalue weighted by Gasteiger charge is 2.21. The number of guanidine groups is 1. The number of halogens is 1. The van der Waals surface area contributed by atoms with Gasteiger partial charge in [-0.15, -0.1) is 24.0 Å². The molecule has 2 rings (SSSR count). The molecule has 1 aliphatic heterocycles. The van der Waals surface area contributed by atoms with Crippen LogP contribution >= 0.6 is 24.0 Å². The number of nitrogens with zero attached hydrogens (tertiary/aromatic N) is 3. The molecular weight excluding hydrogens is 425 g/mol. The normalized spacial score (nSPS) is 27.4. The van der Waals surface area contributed by atoms with Gasteiger partial charge in [-0.2, -0.15) is 0 Å². The molecule has 0 amide bonds. The van der Waals surface area contributed by atoms with E-state index in [4.69, 9.17) is 4.99 Å². The fraction of sp³-hybridized carbons (Fsp3) is 0.947. The Bertz CT molecular complexity index is 374. The van der Waals surface area contributed by atoms with E-state index < -0.39 is 0 Å². The first kappa shape index (κ1) is 23.0. The number of likely N-dealkylation sites (N-methyl/N-ethyl adjacent to an activating group) is 1. The summed E-state index contributed by atoms with van der Waals surface area (Å²) in [4.78, 5) is 9.99. The predicted octanol–water partition coefficient (Wildman–Crippen LogP) is 2.76. The lowest BCUT2D eigenvalue weighted by Gasteiger charge is -2.37. The van der Waals surface area contributed by atoms with Crippen molar-refractivity contribution in [2.24, 2.45) is 10.9 Å². The Kier molecular flexibility index (Phi) is 11.3. The van der Waals surface area contributed by atoms with Gasteiger partial charge in [0.2, 0.25) is 0 Å². The van der Waals surface area contributed by atoms with E-state index in [0.717, 1.165) is 25.0 Å². The van der Waals surface area contributed by atoms with Gasteiger partial charge in [0.1, 0.15) is 0 Å². The van der Waals surface area contributed by atoms with Gasteiger partial charge in [-0.25, -0.2) is 0 Å². The molecule has 0 aromatic heterocycles. The van der Waals surface area contributed by atoms with Crippen molar-refractivity contribution in [3.8, 4) is 0 Å². The van der Waals surface area contributed by atoms with E-state index in [1.54, 1.807) is 0 Å².